The lowest BCUT2D eigenvalue weighted by molar-refractivity contribution is -0.129. The van der Waals surface area contributed by atoms with Crippen LogP contribution in [-0.2, 0) is 9.53 Å². The first-order valence-corrected chi connectivity index (χ1v) is 7.56. The number of carbonyl (C=O) groups is 1. The zero-order valence-corrected chi connectivity index (χ0v) is 12.6. The maximum absolute atomic E-state index is 11.9. The minimum Gasteiger partial charge on any atom is -0.454 e. The number of esters is 1. The van der Waals surface area contributed by atoms with Crippen LogP contribution in [0.1, 0.15) is 10.4 Å². The Labute approximate surface area is 134 Å². The average Bonchev–Trinajstić information content (AvgIpc) is 3.20. The van der Waals surface area contributed by atoms with Crippen LogP contribution in [0.15, 0.2) is 41.0 Å². The third-order valence-electron chi connectivity index (χ3n) is 3.11. The molecule has 0 aliphatic carbocycles. The number of halogens is 1. The normalized spacial score (nSPS) is 17.8. The highest BCUT2D eigenvalue weighted by Crippen LogP contribution is 2.33. The SMILES string of the molecule is O=C1OC(c2ccc3c(c2)OCO3)=N/C1=C\c1ccc(Cl)s1. The van der Waals surface area contributed by atoms with Crippen molar-refractivity contribution in [2.24, 2.45) is 4.99 Å². The summed E-state index contributed by atoms with van der Waals surface area (Å²) in [4.78, 5) is 17.0. The highest BCUT2D eigenvalue weighted by atomic mass is 35.5. The Kier molecular flexibility index (Phi) is 3.13. The number of aliphatic imine (C=N–C) groups is 1. The molecule has 0 saturated heterocycles. The van der Waals surface area contributed by atoms with Crippen LogP contribution in [0.3, 0.4) is 0 Å². The van der Waals surface area contributed by atoms with Crippen LogP contribution < -0.4 is 9.47 Å². The first-order valence-electron chi connectivity index (χ1n) is 6.37. The Morgan fingerprint density at radius 1 is 1.18 bits per heavy atom. The number of ether oxygens (including phenoxy) is 3. The number of nitrogens with zero attached hydrogens (tertiary/aromatic N) is 1. The predicted molar refractivity (Wildman–Crippen MR) is 82.5 cm³/mol. The topological polar surface area (TPSA) is 57.1 Å². The summed E-state index contributed by atoms with van der Waals surface area (Å²) >= 11 is 7.24. The van der Waals surface area contributed by atoms with E-state index in [1.807, 2.05) is 6.07 Å². The van der Waals surface area contributed by atoms with Gasteiger partial charge in [0.25, 0.3) is 0 Å². The fourth-order valence-electron chi connectivity index (χ4n) is 2.10. The third-order valence-corrected chi connectivity index (χ3v) is 4.29. The molecule has 1 aromatic carbocycles. The lowest BCUT2D eigenvalue weighted by Crippen LogP contribution is -2.05. The zero-order valence-electron chi connectivity index (χ0n) is 11.0. The molecule has 0 radical (unpaired) electrons. The molecule has 0 saturated carbocycles. The molecule has 0 N–H and O–H groups in total. The van der Waals surface area contributed by atoms with Crippen LogP contribution in [0, 0.1) is 0 Å². The number of benzene rings is 1. The number of cyclic esters (lactones) is 1. The number of thiophene rings is 1. The standard InChI is InChI=1S/C15H8ClNO4S/c16-13-4-2-9(22-13)6-10-15(18)21-14(17-10)8-1-3-11-12(5-8)20-7-19-11/h1-6H,7H2/b10-6-. The van der Waals surface area contributed by atoms with Crippen molar-refractivity contribution in [1.82, 2.24) is 0 Å². The smallest absolute Gasteiger partial charge is 0.363 e. The minimum absolute atomic E-state index is 0.190. The molecule has 0 amide bonds. The quantitative estimate of drug-likeness (QED) is 0.623. The van der Waals surface area contributed by atoms with Crippen LogP contribution in [0.2, 0.25) is 4.34 Å². The number of carbonyl (C=O) groups excluding carboxylic acids is 1. The Bertz CT molecular complexity index is 840. The van der Waals surface area contributed by atoms with Gasteiger partial charge in [0, 0.05) is 10.4 Å². The van der Waals surface area contributed by atoms with E-state index < -0.39 is 5.97 Å². The summed E-state index contributed by atoms with van der Waals surface area (Å²) in [5.41, 5.74) is 0.899. The molecule has 2 aliphatic heterocycles. The van der Waals surface area contributed by atoms with Crippen molar-refractivity contribution in [1.29, 1.82) is 0 Å². The van der Waals surface area contributed by atoms with Crippen LogP contribution in [0.25, 0.3) is 6.08 Å². The van der Waals surface area contributed by atoms with E-state index in [4.69, 9.17) is 25.8 Å². The molecule has 0 unspecified atom stereocenters. The number of hydrogen-bond donors (Lipinski definition) is 0. The molecule has 7 heteroatoms. The second kappa shape index (κ2) is 5.15. The molecule has 2 aliphatic rings. The summed E-state index contributed by atoms with van der Waals surface area (Å²) in [5.74, 6) is 1.03. The van der Waals surface area contributed by atoms with Gasteiger partial charge in [-0.15, -0.1) is 11.3 Å². The molecule has 0 atom stereocenters. The lowest BCUT2D eigenvalue weighted by atomic mass is 10.2. The number of hydrogen-bond acceptors (Lipinski definition) is 6. The van der Waals surface area contributed by atoms with Gasteiger partial charge in [0.1, 0.15) is 0 Å². The van der Waals surface area contributed by atoms with Gasteiger partial charge in [-0.05, 0) is 36.4 Å². The number of fused-ring (bicyclic) bond motifs is 1. The molecule has 1 aromatic heterocycles. The molecular formula is C15H8ClNO4S. The first-order chi connectivity index (χ1) is 10.7. The summed E-state index contributed by atoms with van der Waals surface area (Å²) in [5, 5.41) is 0. The van der Waals surface area contributed by atoms with Gasteiger partial charge < -0.3 is 14.2 Å². The molecule has 0 bridgehead atoms. The van der Waals surface area contributed by atoms with Gasteiger partial charge in [0.05, 0.1) is 4.34 Å². The maximum Gasteiger partial charge on any atom is 0.363 e. The van der Waals surface area contributed by atoms with Crippen LogP contribution in [-0.4, -0.2) is 18.7 Å². The Morgan fingerprint density at radius 3 is 2.86 bits per heavy atom. The highest BCUT2D eigenvalue weighted by Gasteiger charge is 2.26. The third kappa shape index (κ3) is 2.36. The van der Waals surface area contributed by atoms with E-state index >= 15 is 0 Å². The monoisotopic (exact) mass is 333 g/mol. The van der Waals surface area contributed by atoms with Crippen molar-refractivity contribution in [2.45, 2.75) is 0 Å². The van der Waals surface area contributed by atoms with E-state index in [1.165, 1.54) is 11.3 Å². The van der Waals surface area contributed by atoms with E-state index in [1.54, 1.807) is 30.3 Å². The van der Waals surface area contributed by atoms with E-state index in [0.29, 0.717) is 21.4 Å². The van der Waals surface area contributed by atoms with Gasteiger partial charge in [0.2, 0.25) is 12.7 Å². The molecular weight excluding hydrogens is 326 g/mol. The largest absolute Gasteiger partial charge is 0.454 e. The lowest BCUT2D eigenvalue weighted by Gasteiger charge is -2.01. The van der Waals surface area contributed by atoms with Gasteiger partial charge in [-0.25, -0.2) is 9.79 Å². The number of rotatable bonds is 2. The predicted octanol–water partition coefficient (Wildman–Crippen LogP) is 3.47. The molecule has 110 valence electrons. The molecule has 0 fully saturated rings. The summed E-state index contributed by atoms with van der Waals surface area (Å²) in [6.07, 6.45) is 1.65. The van der Waals surface area contributed by atoms with Crippen LogP contribution >= 0.6 is 22.9 Å². The Hall–Kier alpha value is -2.31. The zero-order chi connectivity index (χ0) is 15.1. The van der Waals surface area contributed by atoms with Crippen molar-refractivity contribution in [2.75, 3.05) is 6.79 Å². The van der Waals surface area contributed by atoms with Gasteiger partial charge in [-0.2, -0.15) is 0 Å². The van der Waals surface area contributed by atoms with E-state index in [9.17, 15) is 4.79 Å². The fraction of sp³-hybridized carbons (Fsp3) is 0.0667. The van der Waals surface area contributed by atoms with Gasteiger partial charge >= 0.3 is 5.97 Å². The average molecular weight is 334 g/mol. The summed E-state index contributed by atoms with van der Waals surface area (Å²) in [6, 6.07) is 8.85. The van der Waals surface area contributed by atoms with E-state index in [-0.39, 0.29) is 18.4 Å². The molecule has 3 heterocycles. The van der Waals surface area contributed by atoms with Crippen molar-refractivity contribution in [3.05, 3.63) is 50.8 Å². The van der Waals surface area contributed by atoms with Crippen molar-refractivity contribution in [3.63, 3.8) is 0 Å². The molecule has 0 spiro atoms. The molecule has 2 aromatic rings. The highest BCUT2D eigenvalue weighted by molar-refractivity contribution is 7.17. The first kappa shape index (κ1) is 13.4. The summed E-state index contributed by atoms with van der Waals surface area (Å²) in [7, 11) is 0. The minimum atomic E-state index is -0.489. The summed E-state index contributed by atoms with van der Waals surface area (Å²) in [6.45, 7) is 0.190. The van der Waals surface area contributed by atoms with Crippen molar-refractivity contribution in [3.8, 4) is 11.5 Å². The Morgan fingerprint density at radius 2 is 2.05 bits per heavy atom. The second-order valence-electron chi connectivity index (χ2n) is 4.55. The molecule has 5 nitrogen and oxygen atoms in total. The molecule has 22 heavy (non-hydrogen) atoms. The second-order valence-corrected chi connectivity index (χ2v) is 6.29. The van der Waals surface area contributed by atoms with Gasteiger partial charge in [0.15, 0.2) is 17.2 Å². The molecule has 4 rings (SSSR count). The van der Waals surface area contributed by atoms with Crippen molar-refractivity contribution >= 4 is 40.9 Å². The maximum atomic E-state index is 11.9. The van der Waals surface area contributed by atoms with Gasteiger partial charge in [-0.1, -0.05) is 11.6 Å². The fourth-order valence-corrected chi connectivity index (χ4v) is 3.10. The van der Waals surface area contributed by atoms with Gasteiger partial charge in [-0.3, -0.25) is 0 Å². The van der Waals surface area contributed by atoms with Crippen LogP contribution in [0.4, 0.5) is 0 Å². The Balaban J connectivity index is 1.67. The van der Waals surface area contributed by atoms with E-state index in [0.717, 1.165) is 4.88 Å². The summed E-state index contributed by atoms with van der Waals surface area (Å²) < 4.78 is 16.4. The van der Waals surface area contributed by atoms with E-state index in [2.05, 4.69) is 4.99 Å². The van der Waals surface area contributed by atoms with Crippen molar-refractivity contribution < 1.29 is 19.0 Å². The van der Waals surface area contributed by atoms with Crippen LogP contribution in [0.5, 0.6) is 11.5 Å².